The van der Waals surface area contributed by atoms with Gasteiger partial charge in [0.05, 0.1) is 4.88 Å². The van der Waals surface area contributed by atoms with Gasteiger partial charge in [0.2, 0.25) is 0 Å². The van der Waals surface area contributed by atoms with Crippen molar-refractivity contribution in [3.05, 3.63) is 53.0 Å². The number of nitrogens with zero attached hydrogens (tertiary/aromatic N) is 1. The molecule has 3 heterocycles. The van der Waals surface area contributed by atoms with Gasteiger partial charge in [-0.1, -0.05) is 17.3 Å². The summed E-state index contributed by atoms with van der Waals surface area (Å²) < 4.78 is 16.2. The van der Waals surface area contributed by atoms with Crippen molar-refractivity contribution in [3.8, 4) is 22.1 Å². The van der Waals surface area contributed by atoms with Gasteiger partial charge in [0, 0.05) is 12.6 Å². The number of hydrogen-bond acceptors (Lipinski definition) is 6. The van der Waals surface area contributed by atoms with Crippen LogP contribution in [-0.2, 0) is 6.54 Å². The first-order valence-corrected chi connectivity index (χ1v) is 8.35. The zero-order valence-electron chi connectivity index (χ0n) is 12.7. The lowest BCUT2D eigenvalue weighted by atomic mass is 10.2. The van der Waals surface area contributed by atoms with Crippen molar-refractivity contribution >= 4 is 17.2 Å². The fraction of sp³-hybridized carbons (Fsp3) is 0.176. The maximum Gasteiger partial charge on any atom is 0.273 e. The third-order valence-corrected chi connectivity index (χ3v) is 4.45. The van der Waals surface area contributed by atoms with E-state index in [4.69, 9.17) is 14.0 Å². The van der Waals surface area contributed by atoms with Gasteiger partial charge in [-0.2, -0.15) is 0 Å². The third-order valence-electron chi connectivity index (χ3n) is 3.57. The summed E-state index contributed by atoms with van der Waals surface area (Å²) in [6, 6.07) is 11.1. The van der Waals surface area contributed by atoms with Crippen LogP contribution in [-0.4, -0.2) is 24.3 Å². The van der Waals surface area contributed by atoms with Gasteiger partial charge in [0.15, 0.2) is 23.0 Å². The van der Waals surface area contributed by atoms with Crippen molar-refractivity contribution in [3.63, 3.8) is 0 Å². The topological polar surface area (TPSA) is 73.6 Å². The summed E-state index contributed by atoms with van der Waals surface area (Å²) in [6.07, 6.45) is 0. The van der Waals surface area contributed by atoms with Gasteiger partial charge in [0.25, 0.3) is 5.91 Å². The first kappa shape index (κ1) is 14.8. The molecule has 2 aromatic heterocycles. The number of amides is 1. The molecule has 4 rings (SSSR count). The molecule has 0 atom stereocenters. The van der Waals surface area contributed by atoms with E-state index >= 15 is 0 Å². The van der Waals surface area contributed by atoms with E-state index < -0.39 is 0 Å². The number of rotatable bonds is 4. The average Bonchev–Trinajstić information content (AvgIpc) is 3.30. The highest BCUT2D eigenvalue weighted by molar-refractivity contribution is 7.13. The highest BCUT2D eigenvalue weighted by Gasteiger charge is 2.15. The number of aromatic nitrogens is 1. The Hall–Kier alpha value is -2.80. The lowest BCUT2D eigenvalue weighted by Gasteiger charge is -2.18. The number of hydrogen-bond donors (Lipinski definition) is 1. The Morgan fingerprint density at radius 1 is 1.17 bits per heavy atom. The molecule has 6 nitrogen and oxygen atoms in total. The minimum Gasteiger partial charge on any atom is -0.486 e. The molecule has 1 aliphatic rings. The summed E-state index contributed by atoms with van der Waals surface area (Å²) in [5.41, 5.74) is 1.19. The molecular formula is C17H14N2O4S. The highest BCUT2D eigenvalue weighted by Crippen LogP contribution is 2.30. The van der Waals surface area contributed by atoms with Crippen molar-refractivity contribution in [2.75, 3.05) is 13.2 Å². The zero-order chi connectivity index (χ0) is 16.4. The smallest absolute Gasteiger partial charge is 0.273 e. The second kappa shape index (κ2) is 6.37. The van der Waals surface area contributed by atoms with E-state index in [1.807, 2.05) is 35.7 Å². The van der Waals surface area contributed by atoms with Crippen LogP contribution in [0.2, 0.25) is 0 Å². The maximum absolute atomic E-state index is 12.2. The molecule has 3 aromatic rings. The quantitative estimate of drug-likeness (QED) is 0.789. The number of ether oxygens (including phenoxy) is 2. The predicted molar refractivity (Wildman–Crippen MR) is 88.4 cm³/mol. The standard InChI is InChI=1S/C17H14N2O4S/c20-17(12-9-15(23-19-12)16-2-1-7-24-16)18-10-11-3-4-13-14(8-11)22-6-5-21-13/h1-4,7-9H,5-6,10H2,(H,18,20). The fourth-order valence-electron chi connectivity index (χ4n) is 2.39. The SMILES string of the molecule is O=C(NCc1ccc2c(c1)OCCO2)c1cc(-c2cccs2)on1. The summed E-state index contributed by atoms with van der Waals surface area (Å²) in [4.78, 5) is 13.1. The summed E-state index contributed by atoms with van der Waals surface area (Å²) in [6.45, 7) is 1.46. The van der Waals surface area contributed by atoms with Crippen molar-refractivity contribution in [1.82, 2.24) is 10.5 Å². The number of carbonyl (C=O) groups excluding carboxylic acids is 1. The van der Waals surface area contributed by atoms with Gasteiger partial charge in [0.1, 0.15) is 13.2 Å². The molecule has 1 aromatic carbocycles. The number of carbonyl (C=O) groups is 1. The molecule has 0 spiro atoms. The van der Waals surface area contributed by atoms with Crippen LogP contribution in [0.25, 0.3) is 10.6 Å². The third kappa shape index (κ3) is 2.98. The molecule has 1 amide bonds. The fourth-order valence-corrected chi connectivity index (χ4v) is 3.06. The first-order chi connectivity index (χ1) is 11.8. The molecule has 0 fully saturated rings. The van der Waals surface area contributed by atoms with E-state index in [9.17, 15) is 4.79 Å². The minimum atomic E-state index is -0.281. The minimum absolute atomic E-state index is 0.260. The van der Waals surface area contributed by atoms with E-state index in [1.165, 1.54) is 11.3 Å². The largest absolute Gasteiger partial charge is 0.486 e. The lowest BCUT2D eigenvalue weighted by Crippen LogP contribution is -2.23. The van der Waals surface area contributed by atoms with Crippen LogP contribution in [0, 0.1) is 0 Å². The van der Waals surface area contributed by atoms with Crippen molar-refractivity contribution < 1.29 is 18.8 Å². The molecule has 0 radical (unpaired) electrons. The van der Waals surface area contributed by atoms with Crippen LogP contribution >= 0.6 is 11.3 Å². The molecule has 7 heteroatoms. The molecule has 1 N–H and O–H groups in total. The van der Waals surface area contributed by atoms with Crippen LogP contribution in [0.5, 0.6) is 11.5 Å². The van der Waals surface area contributed by atoms with E-state index in [-0.39, 0.29) is 11.6 Å². The van der Waals surface area contributed by atoms with Crippen molar-refractivity contribution in [2.24, 2.45) is 0 Å². The average molecular weight is 342 g/mol. The van der Waals surface area contributed by atoms with Gasteiger partial charge in [-0.15, -0.1) is 11.3 Å². The summed E-state index contributed by atoms with van der Waals surface area (Å²) >= 11 is 1.53. The van der Waals surface area contributed by atoms with Gasteiger partial charge < -0.3 is 19.3 Å². The molecule has 0 saturated carbocycles. The van der Waals surface area contributed by atoms with E-state index in [1.54, 1.807) is 6.07 Å². The van der Waals surface area contributed by atoms with E-state index in [0.717, 1.165) is 16.2 Å². The number of nitrogens with one attached hydrogen (secondary N) is 1. The zero-order valence-corrected chi connectivity index (χ0v) is 13.5. The predicted octanol–water partition coefficient (Wildman–Crippen LogP) is 3.10. The summed E-state index contributed by atoms with van der Waals surface area (Å²) in [7, 11) is 0. The van der Waals surface area contributed by atoms with Crippen LogP contribution < -0.4 is 14.8 Å². The number of benzene rings is 1. The number of fused-ring (bicyclic) bond motifs is 1. The second-order valence-corrected chi connectivity index (χ2v) is 6.16. The molecule has 1 aliphatic heterocycles. The van der Waals surface area contributed by atoms with Crippen LogP contribution in [0.15, 0.2) is 46.3 Å². The lowest BCUT2D eigenvalue weighted by molar-refractivity contribution is 0.0942. The Morgan fingerprint density at radius 3 is 2.88 bits per heavy atom. The molecule has 0 aliphatic carbocycles. The maximum atomic E-state index is 12.2. The normalized spacial score (nSPS) is 12.8. The van der Waals surface area contributed by atoms with Crippen molar-refractivity contribution in [1.29, 1.82) is 0 Å². The molecular weight excluding hydrogens is 328 g/mol. The number of thiophene rings is 1. The van der Waals surface area contributed by atoms with Gasteiger partial charge >= 0.3 is 0 Å². The summed E-state index contributed by atoms with van der Waals surface area (Å²) in [5, 5.41) is 8.60. The Balaban J connectivity index is 1.41. The van der Waals surface area contributed by atoms with Crippen LogP contribution in [0.1, 0.15) is 16.1 Å². The summed E-state index contributed by atoms with van der Waals surface area (Å²) in [5.74, 6) is 1.74. The molecule has 24 heavy (non-hydrogen) atoms. The van der Waals surface area contributed by atoms with E-state index in [2.05, 4.69) is 10.5 Å². The Labute approximate surface area is 142 Å². The van der Waals surface area contributed by atoms with Crippen LogP contribution in [0.4, 0.5) is 0 Å². The van der Waals surface area contributed by atoms with Gasteiger partial charge in [-0.05, 0) is 29.1 Å². The van der Waals surface area contributed by atoms with Gasteiger partial charge in [-0.25, -0.2) is 0 Å². The Kier molecular flexibility index (Phi) is 3.92. The first-order valence-electron chi connectivity index (χ1n) is 7.47. The molecule has 0 bridgehead atoms. The highest BCUT2D eigenvalue weighted by atomic mass is 32.1. The molecule has 122 valence electrons. The Morgan fingerprint density at radius 2 is 2.04 bits per heavy atom. The van der Waals surface area contributed by atoms with E-state index in [0.29, 0.717) is 31.3 Å². The molecule has 0 saturated heterocycles. The Bertz CT molecular complexity index is 857. The van der Waals surface area contributed by atoms with Gasteiger partial charge in [-0.3, -0.25) is 4.79 Å². The van der Waals surface area contributed by atoms with Crippen LogP contribution in [0.3, 0.4) is 0 Å². The monoisotopic (exact) mass is 342 g/mol. The molecule has 0 unspecified atom stereocenters. The second-order valence-electron chi connectivity index (χ2n) is 5.21. The van der Waals surface area contributed by atoms with Crippen molar-refractivity contribution in [2.45, 2.75) is 6.54 Å².